The second-order valence-corrected chi connectivity index (χ2v) is 11.0. The van der Waals surface area contributed by atoms with Crippen LogP contribution < -0.4 is 0 Å². The van der Waals surface area contributed by atoms with Gasteiger partial charge in [0.2, 0.25) is 6.10 Å². The summed E-state index contributed by atoms with van der Waals surface area (Å²) in [4.78, 5) is 25.9. The summed E-state index contributed by atoms with van der Waals surface area (Å²) in [6.07, 6.45) is 0.269. The van der Waals surface area contributed by atoms with Crippen molar-refractivity contribution in [1.29, 1.82) is 0 Å². The predicted octanol–water partition coefficient (Wildman–Crippen LogP) is 1.33. The molecule has 0 aromatic carbocycles. The van der Waals surface area contributed by atoms with Crippen LogP contribution in [0.2, 0.25) is 0 Å². The molecule has 8 heteroatoms. The Morgan fingerprint density at radius 2 is 2.09 bits per heavy atom. The van der Waals surface area contributed by atoms with Crippen LogP contribution in [-0.4, -0.2) is 64.1 Å². The predicted molar refractivity (Wildman–Crippen MR) is 115 cm³/mol. The van der Waals surface area contributed by atoms with Gasteiger partial charge in [-0.1, -0.05) is 52.0 Å². The van der Waals surface area contributed by atoms with Crippen molar-refractivity contribution >= 4 is 11.9 Å². The maximum absolute atomic E-state index is 13.2. The molecular formula is C25H34O8. The Labute approximate surface area is 193 Å². The lowest BCUT2D eigenvalue weighted by Crippen LogP contribution is -2.77. The molecule has 0 aromatic heterocycles. The SMILES string of the molecule is C=C1C=C[C@@H](O)[C@]2(C)[C@H]3[C@@]4(O)OC[C@]35[C@H]([C@@H](C)[C@H]4O)[C@@H](OC(=O)C(C)CC)C(=O)O[C@@H]5C[C@@H]12. The number of allylic oxidation sites excluding steroid dienone is 2. The van der Waals surface area contributed by atoms with Crippen molar-refractivity contribution in [1.82, 2.24) is 0 Å². The van der Waals surface area contributed by atoms with Gasteiger partial charge in [0, 0.05) is 22.7 Å². The smallest absolute Gasteiger partial charge is 0.348 e. The fourth-order valence-electron chi connectivity index (χ4n) is 7.87. The molecule has 3 aliphatic carbocycles. The highest BCUT2D eigenvalue weighted by atomic mass is 16.7. The average Bonchev–Trinajstić information content (AvgIpc) is 3.07. The summed E-state index contributed by atoms with van der Waals surface area (Å²) in [6.45, 7) is 11.4. The number of ether oxygens (including phenoxy) is 3. The molecule has 5 rings (SSSR count). The second kappa shape index (κ2) is 7.13. The summed E-state index contributed by atoms with van der Waals surface area (Å²) in [5, 5.41) is 34.3. The highest BCUT2D eigenvalue weighted by Gasteiger charge is 2.83. The van der Waals surface area contributed by atoms with E-state index in [1.807, 2.05) is 13.8 Å². The van der Waals surface area contributed by atoms with Gasteiger partial charge in [-0.2, -0.15) is 0 Å². The van der Waals surface area contributed by atoms with E-state index in [-0.39, 0.29) is 12.5 Å². The quantitative estimate of drug-likeness (QED) is 0.537. The number of carbonyl (C=O) groups is 2. The van der Waals surface area contributed by atoms with Gasteiger partial charge in [0.25, 0.3) is 0 Å². The van der Waals surface area contributed by atoms with Crippen molar-refractivity contribution in [2.45, 2.75) is 70.7 Å². The molecule has 4 fully saturated rings. The van der Waals surface area contributed by atoms with Crippen molar-refractivity contribution in [3.05, 3.63) is 24.3 Å². The number of hydrogen-bond acceptors (Lipinski definition) is 8. The second-order valence-electron chi connectivity index (χ2n) is 11.0. The van der Waals surface area contributed by atoms with Crippen LogP contribution >= 0.6 is 0 Å². The average molecular weight is 463 g/mol. The number of aliphatic hydroxyl groups excluding tert-OH is 2. The summed E-state index contributed by atoms with van der Waals surface area (Å²) in [7, 11) is 0. The molecule has 2 heterocycles. The molecule has 0 amide bonds. The van der Waals surface area contributed by atoms with Crippen molar-refractivity contribution in [2.75, 3.05) is 6.61 Å². The van der Waals surface area contributed by atoms with Gasteiger partial charge < -0.3 is 29.5 Å². The number of aliphatic hydroxyl groups is 3. The third-order valence-corrected chi connectivity index (χ3v) is 9.69. The third kappa shape index (κ3) is 2.61. The Balaban J connectivity index is 1.68. The van der Waals surface area contributed by atoms with Crippen LogP contribution in [0.15, 0.2) is 24.3 Å². The Morgan fingerprint density at radius 1 is 1.39 bits per heavy atom. The molecule has 182 valence electrons. The van der Waals surface area contributed by atoms with Gasteiger partial charge in [-0.25, -0.2) is 4.79 Å². The van der Waals surface area contributed by atoms with E-state index in [2.05, 4.69) is 6.58 Å². The first-order valence-corrected chi connectivity index (χ1v) is 11.9. The third-order valence-electron chi connectivity index (χ3n) is 9.69. The largest absolute Gasteiger partial charge is 0.459 e. The van der Waals surface area contributed by atoms with Gasteiger partial charge in [-0.15, -0.1) is 0 Å². The van der Waals surface area contributed by atoms with E-state index in [1.165, 1.54) is 0 Å². The first-order valence-electron chi connectivity index (χ1n) is 11.9. The molecule has 2 bridgehead atoms. The fourth-order valence-corrected chi connectivity index (χ4v) is 7.87. The summed E-state index contributed by atoms with van der Waals surface area (Å²) in [5.41, 5.74) is -1.09. The zero-order valence-electron chi connectivity index (χ0n) is 19.6. The number of rotatable bonds is 3. The zero-order valence-corrected chi connectivity index (χ0v) is 19.6. The van der Waals surface area contributed by atoms with Crippen LogP contribution in [0.25, 0.3) is 0 Å². The molecule has 2 saturated carbocycles. The van der Waals surface area contributed by atoms with Crippen LogP contribution in [0.5, 0.6) is 0 Å². The number of fused-ring (bicyclic) bond motifs is 1. The van der Waals surface area contributed by atoms with Gasteiger partial charge in [0.1, 0.15) is 12.2 Å². The number of carbonyl (C=O) groups excluding carboxylic acids is 2. The van der Waals surface area contributed by atoms with Gasteiger partial charge in [0.05, 0.1) is 18.6 Å². The highest BCUT2D eigenvalue weighted by Crippen LogP contribution is 2.73. The Morgan fingerprint density at radius 3 is 2.76 bits per heavy atom. The van der Waals surface area contributed by atoms with Crippen molar-refractivity contribution < 1.29 is 39.1 Å². The maximum atomic E-state index is 13.2. The highest BCUT2D eigenvalue weighted by molar-refractivity contribution is 5.82. The fraction of sp³-hybridized carbons (Fsp3) is 0.760. The maximum Gasteiger partial charge on any atom is 0.348 e. The van der Waals surface area contributed by atoms with E-state index in [9.17, 15) is 24.9 Å². The van der Waals surface area contributed by atoms with Crippen LogP contribution in [0, 0.1) is 40.4 Å². The molecule has 12 atom stereocenters. The molecule has 3 N–H and O–H groups in total. The Bertz CT molecular complexity index is 929. The van der Waals surface area contributed by atoms with Gasteiger partial charge in [0.15, 0.2) is 5.79 Å². The minimum atomic E-state index is -1.94. The molecule has 33 heavy (non-hydrogen) atoms. The number of esters is 2. The van der Waals surface area contributed by atoms with E-state index >= 15 is 0 Å². The lowest BCUT2D eigenvalue weighted by Gasteiger charge is -2.68. The van der Waals surface area contributed by atoms with Crippen LogP contribution in [0.3, 0.4) is 0 Å². The van der Waals surface area contributed by atoms with Crippen LogP contribution in [0.1, 0.15) is 40.5 Å². The van der Waals surface area contributed by atoms with Gasteiger partial charge in [-0.3, -0.25) is 4.79 Å². The van der Waals surface area contributed by atoms with Crippen LogP contribution in [-0.2, 0) is 23.8 Å². The molecule has 2 saturated heterocycles. The zero-order chi connectivity index (χ0) is 24.1. The summed E-state index contributed by atoms with van der Waals surface area (Å²) >= 11 is 0. The van der Waals surface area contributed by atoms with Crippen LogP contribution in [0.4, 0.5) is 0 Å². The lowest BCUT2D eigenvalue weighted by atomic mass is 9.38. The first-order chi connectivity index (χ1) is 15.4. The van der Waals surface area contributed by atoms with Crippen molar-refractivity contribution in [2.24, 2.45) is 40.4 Å². The molecule has 0 radical (unpaired) electrons. The van der Waals surface area contributed by atoms with Crippen molar-refractivity contribution in [3.63, 3.8) is 0 Å². The Hall–Kier alpha value is -1.74. The van der Waals surface area contributed by atoms with E-state index in [4.69, 9.17) is 14.2 Å². The minimum absolute atomic E-state index is 0.0286. The molecule has 8 nitrogen and oxygen atoms in total. The molecule has 1 unspecified atom stereocenters. The molecule has 1 spiro atoms. The van der Waals surface area contributed by atoms with E-state index in [0.717, 1.165) is 5.57 Å². The van der Waals surface area contributed by atoms with Gasteiger partial charge >= 0.3 is 11.9 Å². The summed E-state index contributed by atoms with van der Waals surface area (Å²) in [6, 6.07) is 0. The normalized spacial score (nSPS) is 53.1. The van der Waals surface area contributed by atoms with Crippen molar-refractivity contribution in [3.8, 4) is 0 Å². The molecule has 2 aliphatic heterocycles. The molecular weight excluding hydrogens is 428 g/mol. The monoisotopic (exact) mass is 462 g/mol. The van der Waals surface area contributed by atoms with Gasteiger partial charge in [-0.05, 0) is 24.7 Å². The molecule has 5 aliphatic rings. The topological polar surface area (TPSA) is 123 Å². The minimum Gasteiger partial charge on any atom is -0.459 e. The standard InChI is InChI=1S/C25H34O8/c1-6-11(2)20(28)33-18-17-13(4)19(27)25(30)22-23(5)14(12(3)7-8-15(23)26)9-16(32-21(18)29)24(17,22)10-31-25/h7-8,11,13-19,22,26-27,30H,3,6,9-10H2,1-2,4-5H3/t11?,13-,14+,15-,16-,17-,18-,19-,22-,23-,24+,25+/m1/s1. The summed E-state index contributed by atoms with van der Waals surface area (Å²) < 4.78 is 17.7. The summed E-state index contributed by atoms with van der Waals surface area (Å²) in [5.74, 6) is -5.78. The van der Waals surface area contributed by atoms with E-state index < -0.39 is 76.6 Å². The lowest BCUT2D eigenvalue weighted by molar-refractivity contribution is -0.339. The van der Waals surface area contributed by atoms with E-state index in [1.54, 1.807) is 26.0 Å². The van der Waals surface area contributed by atoms with E-state index in [0.29, 0.717) is 12.8 Å². The first kappa shape index (κ1) is 23.0. The molecule has 0 aromatic rings. The number of hydrogen-bond donors (Lipinski definition) is 3. The Kier molecular flexibility index (Phi) is 4.98.